The van der Waals surface area contributed by atoms with Crippen LogP contribution < -0.4 is 15.6 Å². The number of sulfonamides is 1. The van der Waals surface area contributed by atoms with Crippen LogP contribution in [-0.2, 0) is 10.0 Å². The van der Waals surface area contributed by atoms with Crippen molar-refractivity contribution < 1.29 is 12.8 Å². The molecule has 0 radical (unpaired) electrons. The number of anilines is 2. The number of piperazine rings is 1. The molecule has 0 aliphatic carbocycles. The zero-order chi connectivity index (χ0) is 23.2. The zero-order valence-corrected chi connectivity index (χ0v) is 19.4. The molecule has 0 aromatic carbocycles. The molecule has 2 N–H and O–H groups in total. The van der Waals surface area contributed by atoms with Crippen molar-refractivity contribution in [3.63, 3.8) is 0 Å². The largest absolute Gasteiger partial charge is 0.367 e. The molecule has 33 heavy (non-hydrogen) atoms. The van der Waals surface area contributed by atoms with Crippen LogP contribution in [0.1, 0.15) is 12.8 Å². The summed E-state index contributed by atoms with van der Waals surface area (Å²) in [6.45, 7) is 3.57. The second-order valence-electron chi connectivity index (χ2n) is 8.77. The smallest absolute Gasteiger partial charge is 0.217 e. The molecule has 2 saturated heterocycles. The highest BCUT2D eigenvalue weighted by Gasteiger charge is 2.37. The van der Waals surface area contributed by atoms with E-state index in [1.54, 1.807) is 32.8 Å². The number of fused-ring (bicyclic) bond motifs is 1. The normalized spacial score (nSPS) is 25.3. The van der Waals surface area contributed by atoms with Gasteiger partial charge in [-0.05, 0) is 45.1 Å². The highest BCUT2D eigenvalue weighted by molar-refractivity contribution is 7.89. The lowest BCUT2D eigenvalue weighted by Crippen LogP contribution is -2.53. The Morgan fingerprint density at radius 2 is 1.82 bits per heavy atom. The van der Waals surface area contributed by atoms with Crippen LogP contribution in [0.25, 0.3) is 0 Å². The van der Waals surface area contributed by atoms with Gasteiger partial charge in [-0.3, -0.25) is 9.99 Å². The predicted molar refractivity (Wildman–Crippen MR) is 126 cm³/mol. The van der Waals surface area contributed by atoms with E-state index in [0.29, 0.717) is 50.5 Å². The molecule has 1 unspecified atom stereocenters. The highest BCUT2D eigenvalue weighted by Crippen LogP contribution is 2.37. The van der Waals surface area contributed by atoms with Gasteiger partial charge in [-0.15, -0.1) is 0 Å². The summed E-state index contributed by atoms with van der Waals surface area (Å²) >= 11 is 0. The maximum absolute atomic E-state index is 13.9. The van der Waals surface area contributed by atoms with Gasteiger partial charge in [0.1, 0.15) is 11.9 Å². The topological polar surface area (TPSA) is 102 Å². The third-order valence-corrected chi connectivity index (χ3v) is 9.08. The quantitative estimate of drug-likeness (QED) is 0.677. The lowest BCUT2D eigenvalue weighted by atomic mass is 10.1. The molecule has 4 aliphatic rings. The summed E-state index contributed by atoms with van der Waals surface area (Å²) in [5.41, 5.74) is 7.91. The number of nitrogens with zero attached hydrogens (tertiary/aromatic N) is 7. The fourth-order valence-electron chi connectivity index (χ4n) is 4.84. The second kappa shape index (κ2) is 8.67. The minimum Gasteiger partial charge on any atom is -0.367 e. The molecule has 178 valence electrons. The van der Waals surface area contributed by atoms with Crippen LogP contribution in [0.3, 0.4) is 0 Å². The number of hydrogen-bond donors (Lipinski definition) is 1. The zero-order valence-electron chi connectivity index (χ0n) is 18.6. The van der Waals surface area contributed by atoms with E-state index >= 15 is 0 Å². The SMILES string of the molecule is CN1CCC(S(=O)(=O)N2CCN(c3ccncc3N3C(N)C=C4N=CC(F)=CN43)CC2)CC1. The molecule has 0 amide bonds. The Balaban J connectivity index is 1.32. The van der Waals surface area contributed by atoms with E-state index in [9.17, 15) is 12.8 Å². The molecule has 2 fully saturated rings. The van der Waals surface area contributed by atoms with Crippen LogP contribution in [0.4, 0.5) is 15.8 Å². The number of hydrogen-bond acceptors (Lipinski definition) is 9. The summed E-state index contributed by atoms with van der Waals surface area (Å²) in [7, 11) is -1.29. The molecule has 1 aromatic rings. The summed E-state index contributed by atoms with van der Waals surface area (Å²) in [5.74, 6) is 0.0807. The van der Waals surface area contributed by atoms with E-state index in [-0.39, 0.29) is 5.25 Å². The Hall–Kier alpha value is -2.54. The van der Waals surface area contributed by atoms with Crippen molar-refractivity contribution in [1.29, 1.82) is 0 Å². The third-order valence-electron chi connectivity index (χ3n) is 6.69. The van der Waals surface area contributed by atoms with Crippen molar-refractivity contribution >= 4 is 27.6 Å². The number of hydrazine groups is 1. The Bertz CT molecular complexity index is 1090. The number of allylic oxidation sites excluding steroid dienone is 1. The number of piperidine rings is 1. The van der Waals surface area contributed by atoms with Crippen molar-refractivity contribution in [2.45, 2.75) is 24.3 Å². The number of nitrogens with two attached hydrogens (primary N) is 1. The summed E-state index contributed by atoms with van der Waals surface area (Å²) < 4.78 is 41.9. The van der Waals surface area contributed by atoms with Gasteiger partial charge in [-0.1, -0.05) is 0 Å². The molecule has 0 spiro atoms. The van der Waals surface area contributed by atoms with Crippen molar-refractivity contribution in [3.05, 3.63) is 42.4 Å². The number of pyridine rings is 1. The molecule has 1 aromatic heterocycles. The van der Waals surface area contributed by atoms with Crippen molar-refractivity contribution in [1.82, 2.24) is 19.2 Å². The summed E-state index contributed by atoms with van der Waals surface area (Å²) in [6.07, 6.45) is 8.46. The maximum Gasteiger partial charge on any atom is 0.217 e. The molecule has 5 rings (SSSR count). The first-order valence-electron chi connectivity index (χ1n) is 11.2. The molecule has 4 aliphatic heterocycles. The molecule has 12 heteroatoms. The average Bonchev–Trinajstić information content (AvgIpc) is 3.14. The van der Waals surface area contributed by atoms with E-state index in [2.05, 4.69) is 19.8 Å². The van der Waals surface area contributed by atoms with E-state index in [4.69, 9.17) is 5.73 Å². The van der Waals surface area contributed by atoms with Crippen molar-refractivity contribution in [2.75, 3.05) is 56.2 Å². The standard InChI is InChI=1S/C21H29FN8O2S/c1-26-6-3-17(4-7-26)33(31,32)28-10-8-27(9-11-28)18-2-5-24-14-19(18)30-20(23)12-21-25-13-16(22)15-29(21)30/h2,5,12-15,17,20H,3-4,6-11,23H2,1H3. The molecule has 5 heterocycles. The van der Waals surface area contributed by atoms with Crippen molar-refractivity contribution in [3.8, 4) is 0 Å². The Labute approximate surface area is 193 Å². The summed E-state index contributed by atoms with van der Waals surface area (Å²) in [4.78, 5) is 12.7. The van der Waals surface area contributed by atoms with Gasteiger partial charge in [0.25, 0.3) is 0 Å². The lowest BCUT2D eigenvalue weighted by Gasteiger charge is -2.41. The first-order chi connectivity index (χ1) is 15.8. The summed E-state index contributed by atoms with van der Waals surface area (Å²) in [5, 5.41) is 3.03. The van der Waals surface area contributed by atoms with Crippen LogP contribution >= 0.6 is 0 Å². The summed E-state index contributed by atoms with van der Waals surface area (Å²) in [6, 6.07) is 1.88. The molecule has 0 bridgehead atoms. The molecular formula is C21H29FN8O2S. The van der Waals surface area contributed by atoms with Crippen LogP contribution in [-0.4, -0.2) is 91.6 Å². The Kier molecular flexibility index (Phi) is 5.85. The van der Waals surface area contributed by atoms with E-state index < -0.39 is 22.0 Å². The maximum atomic E-state index is 13.9. The highest BCUT2D eigenvalue weighted by atomic mass is 32.2. The van der Waals surface area contributed by atoms with Gasteiger partial charge in [0, 0.05) is 32.4 Å². The van der Waals surface area contributed by atoms with Gasteiger partial charge in [0.05, 0.1) is 29.5 Å². The van der Waals surface area contributed by atoms with Gasteiger partial charge in [0.2, 0.25) is 10.0 Å². The van der Waals surface area contributed by atoms with Gasteiger partial charge < -0.3 is 15.5 Å². The van der Waals surface area contributed by atoms with E-state index in [1.165, 1.54) is 6.20 Å². The average molecular weight is 477 g/mol. The van der Waals surface area contributed by atoms with Gasteiger partial charge in [-0.2, -0.15) is 4.31 Å². The number of halogens is 1. The number of aromatic nitrogens is 1. The van der Waals surface area contributed by atoms with Crippen LogP contribution in [0, 0.1) is 0 Å². The van der Waals surface area contributed by atoms with Crippen molar-refractivity contribution in [2.24, 2.45) is 10.7 Å². The van der Waals surface area contributed by atoms with E-state index in [1.807, 2.05) is 13.1 Å². The molecule has 10 nitrogen and oxygen atoms in total. The van der Waals surface area contributed by atoms with Crippen LogP contribution in [0.2, 0.25) is 0 Å². The third kappa shape index (κ3) is 4.12. The van der Waals surface area contributed by atoms with Crippen LogP contribution in [0.5, 0.6) is 0 Å². The number of rotatable bonds is 4. The minimum absolute atomic E-state index is 0.301. The first kappa shape index (κ1) is 22.3. The first-order valence-corrected chi connectivity index (χ1v) is 12.7. The Morgan fingerprint density at radius 1 is 1.09 bits per heavy atom. The monoisotopic (exact) mass is 476 g/mol. The number of aliphatic imine (C=N–C) groups is 1. The van der Waals surface area contributed by atoms with Gasteiger partial charge >= 0.3 is 0 Å². The molecule has 0 saturated carbocycles. The predicted octanol–water partition coefficient (Wildman–Crippen LogP) is 0.686. The van der Waals surface area contributed by atoms with E-state index in [0.717, 1.165) is 25.0 Å². The fourth-order valence-corrected chi connectivity index (χ4v) is 6.74. The van der Waals surface area contributed by atoms with Crippen LogP contribution in [0.15, 0.2) is 47.4 Å². The second-order valence-corrected chi connectivity index (χ2v) is 11.0. The lowest BCUT2D eigenvalue weighted by molar-refractivity contribution is 0.270. The Morgan fingerprint density at radius 3 is 2.55 bits per heavy atom. The fraction of sp³-hybridized carbons (Fsp3) is 0.524. The van der Waals surface area contributed by atoms with Gasteiger partial charge in [0.15, 0.2) is 11.6 Å². The number of likely N-dealkylation sites (tertiary alicyclic amines) is 1. The molecule has 1 atom stereocenters. The van der Waals surface area contributed by atoms with Gasteiger partial charge in [-0.25, -0.2) is 22.8 Å². The minimum atomic E-state index is -3.32. The molecular weight excluding hydrogens is 447 g/mol.